The lowest BCUT2D eigenvalue weighted by Gasteiger charge is -2.10. The molecule has 5 heteroatoms. The van der Waals surface area contributed by atoms with Gasteiger partial charge in [0.2, 0.25) is 0 Å². The predicted octanol–water partition coefficient (Wildman–Crippen LogP) is 6.34. The molecule has 0 aliphatic heterocycles. The molecule has 0 aliphatic carbocycles. The van der Waals surface area contributed by atoms with Crippen molar-refractivity contribution >= 4 is 39.9 Å². The van der Waals surface area contributed by atoms with E-state index >= 15 is 0 Å². The second kappa shape index (κ2) is 9.08. The molecule has 0 N–H and O–H groups in total. The largest absolute Gasteiger partial charge is 0.493 e. The van der Waals surface area contributed by atoms with Gasteiger partial charge in [-0.25, -0.2) is 9.59 Å². The summed E-state index contributed by atoms with van der Waals surface area (Å²) in [6, 6.07) is 28.0. The quantitative estimate of drug-likeness (QED) is 0.136. The van der Waals surface area contributed by atoms with E-state index in [1.54, 1.807) is 36.4 Å². The molecule has 166 valence electrons. The highest BCUT2D eigenvalue weighted by Gasteiger charge is 2.18. The molecule has 5 nitrogen and oxygen atoms in total. The Morgan fingerprint density at radius 2 is 1.56 bits per heavy atom. The van der Waals surface area contributed by atoms with Gasteiger partial charge in [0, 0.05) is 5.39 Å². The molecule has 5 aromatic rings. The number of ether oxygens (including phenoxy) is 2. The normalized spacial score (nSPS) is 11.2. The second-order valence-corrected chi connectivity index (χ2v) is 7.69. The Hall–Kier alpha value is -4.64. The maximum absolute atomic E-state index is 12.7. The fourth-order valence-corrected chi connectivity index (χ4v) is 3.81. The molecule has 0 bridgehead atoms. The number of carbonyl (C=O) groups is 1. The zero-order chi connectivity index (χ0) is 23.5. The van der Waals surface area contributed by atoms with Crippen LogP contribution in [-0.2, 0) is 0 Å². The molecule has 0 unspecified atom stereocenters. The van der Waals surface area contributed by atoms with E-state index in [9.17, 15) is 9.59 Å². The van der Waals surface area contributed by atoms with Crippen molar-refractivity contribution in [3.05, 3.63) is 118 Å². The lowest BCUT2D eigenvalue weighted by Crippen LogP contribution is -2.19. The number of hydrogen-bond donors (Lipinski definition) is 0. The molecule has 0 saturated heterocycles. The van der Waals surface area contributed by atoms with Gasteiger partial charge < -0.3 is 13.9 Å². The van der Waals surface area contributed by atoms with Gasteiger partial charge in [-0.15, -0.1) is 0 Å². The van der Waals surface area contributed by atoms with Crippen LogP contribution in [0, 0.1) is 0 Å². The van der Waals surface area contributed by atoms with Crippen LogP contribution >= 0.6 is 0 Å². The molecular formula is C29H20O5. The number of carbonyl (C=O) groups excluding carboxylic acids is 1. The maximum Gasteiger partial charge on any atom is 0.351 e. The number of para-hydroxylation sites is 1. The summed E-state index contributed by atoms with van der Waals surface area (Å²) in [6.45, 7) is 0. The highest BCUT2D eigenvalue weighted by molar-refractivity contribution is 5.95. The van der Waals surface area contributed by atoms with Gasteiger partial charge in [0.25, 0.3) is 0 Å². The van der Waals surface area contributed by atoms with Crippen molar-refractivity contribution in [2.24, 2.45) is 0 Å². The smallest absolute Gasteiger partial charge is 0.351 e. The summed E-state index contributed by atoms with van der Waals surface area (Å²) in [6.07, 6.45) is 4.00. The van der Waals surface area contributed by atoms with Gasteiger partial charge in [-0.05, 0) is 46.2 Å². The van der Waals surface area contributed by atoms with Crippen LogP contribution in [0.2, 0.25) is 0 Å². The first-order valence-corrected chi connectivity index (χ1v) is 10.7. The summed E-state index contributed by atoms with van der Waals surface area (Å²) in [5.74, 6) is -0.224. The number of rotatable bonds is 5. The number of benzene rings is 4. The first-order valence-electron chi connectivity index (χ1n) is 10.7. The maximum atomic E-state index is 12.7. The van der Waals surface area contributed by atoms with Crippen LogP contribution in [0.3, 0.4) is 0 Å². The minimum absolute atomic E-state index is 0.180. The van der Waals surface area contributed by atoms with Crippen molar-refractivity contribution in [1.82, 2.24) is 0 Å². The summed E-state index contributed by atoms with van der Waals surface area (Å²) >= 11 is 0. The third-order valence-corrected chi connectivity index (χ3v) is 5.53. The molecule has 0 saturated carbocycles. The second-order valence-electron chi connectivity index (χ2n) is 7.69. The third-order valence-electron chi connectivity index (χ3n) is 5.53. The Kier molecular flexibility index (Phi) is 5.67. The first kappa shape index (κ1) is 21.2. The third kappa shape index (κ3) is 4.19. The standard InChI is InChI=1S/C29H20O5/c1-32-27-17-19(13-15-21-10-6-9-20-7-2-4-11-23(20)21)14-16-26(27)34-29(31)24-18-22-8-3-5-12-25(22)33-28(24)30/h2-18H,1H3. The number of methoxy groups -OCH3 is 1. The van der Waals surface area contributed by atoms with E-state index in [0.29, 0.717) is 16.7 Å². The Balaban J connectivity index is 1.41. The van der Waals surface area contributed by atoms with Crippen LogP contribution in [-0.4, -0.2) is 13.1 Å². The molecule has 34 heavy (non-hydrogen) atoms. The summed E-state index contributed by atoms with van der Waals surface area (Å²) in [4.78, 5) is 25.0. The highest BCUT2D eigenvalue weighted by atomic mass is 16.6. The van der Waals surface area contributed by atoms with Crippen LogP contribution in [0.15, 0.2) is 100 Å². The Bertz CT molecular complexity index is 1610. The van der Waals surface area contributed by atoms with Crippen molar-refractivity contribution in [1.29, 1.82) is 0 Å². The Labute approximate surface area is 195 Å². The zero-order valence-electron chi connectivity index (χ0n) is 18.4. The molecule has 4 aromatic carbocycles. The molecule has 1 heterocycles. The zero-order valence-corrected chi connectivity index (χ0v) is 18.4. The van der Waals surface area contributed by atoms with Crippen molar-refractivity contribution in [3.63, 3.8) is 0 Å². The van der Waals surface area contributed by atoms with Gasteiger partial charge in [0.1, 0.15) is 11.1 Å². The lowest BCUT2D eigenvalue weighted by molar-refractivity contribution is 0.0725. The van der Waals surface area contributed by atoms with E-state index in [1.807, 2.05) is 36.4 Å². The monoisotopic (exact) mass is 448 g/mol. The van der Waals surface area contributed by atoms with Crippen molar-refractivity contribution in [2.75, 3.05) is 7.11 Å². The average Bonchev–Trinajstić information content (AvgIpc) is 2.87. The fraction of sp³-hybridized carbons (Fsp3) is 0.0345. The SMILES string of the molecule is COc1cc(C=Cc2cccc3ccccc23)ccc1OC(=O)c1cc2ccccc2oc1=O. The Morgan fingerprint density at radius 1 is 0.794 bits per heavy atom. The fourth-order valence-electron chi connectivity index (χ4n) is 3.81. The molecule has 0 spiro atoms. The minimum atomic E-state index is -0.808. The topological polar surface area (TPSA) is 65.7 Å². The summed E-state index contributed by atoms with van der Waals surface area (Å²) < 4.78 is 16.1. The van der Waals surface area contributed by atoms with Crippen molar-refractivity contribution in [2.45, 2.75) is 0 Å². The molecule has 0 radical (unpaired) electrons. The number of fused-ring (bicyclic) bond motifs is 2. The van der Waals surface area contributed by atoms with E-state index in [0.717, 1.165) is 16.5 Å². The first-order chi connectivity index (χ1) is 16.6. The van der Waals surface area contributed by atoms with Gasteiger partial charge in [-0.1, -0.05) is 78.9 Å². The molecular weight excluding hydrogens is 428 g/mol. The molecule has 1 aromatic heterocycles. The number of hydrogen-bond acceptors (Lipinski definition) is 5. The molecule has 0 aliphatic rings. The van der Waals surface area contributed by atoms with Crippen molar-refractivity contribution in [3.8, 4) is 11.5 Å². The van der Waals surface area contributed by atoms with E-state index in [1.165, 1.54) is 18.6 Å². The Morgan fingerprint density at radius 3 is 2.41 bits per heavy atom. The van der Waals surface area contributed by atoms with Crippen LogP contribution in [0.5, 0.6) is 11.5 Å². The highest BCUT2D eigenvalue weighted by Crippen LogP contribution is 2.30. The van der Waals surface area contributed by atoms with Gasteiger partial charge in [-0.2, -0.15) is 0 Å². The minimum Gasteiger partial charge on any atom is -0.493 e. The van der Waals surface area contributed by atoms with E-state index in [2.05, 4.69) is 24.3 Å². The molecule has 0 atom stereocenters. The average molecular weight is 448 g/mol. The van der Waals surface area contributed by atoms with Gasteiger partial charge in [-0.3, -0.25) is 0 Å². The van der Waals surface area contributed by atoms with Crippen LogP contribution in [0.4, 0.5) is 0 Å². The van der Waals surface area contributed by atoms with Crippen molar-refractivity contribution < 1.29 is 18.7 Å². The number of esters is 1. The van der Waals surface area contributed by atoms with E-state index < -0.39 is 11.6 Å². The summed E-state index contributed by atoms with van der Waals surface area (Å²) in [7, 11) is 1.50. The van der Waals surface area contributed by atoms with Crippen LogP contribution in [0.25, 0.3) is 33.9 Å². The van der Waals surface area contributed by atoms with E-state index in [-0.39, 0.29) is 11.3 Å². The van der Waals surface area contributed by atoms with E-state index in [4.69, 9.17) is 13.9 Å². The molecule has 5 rings (SSSR count). The summed E-state index contributed by atoms with van der Waals surface area (Å²) in [5, 5.41) is 2.96. The van der Waals surface area contributed by atoms with Gasteiger partial charge in [0.15, 0.2) is 11.5 Å². The summed E-state index contributed by atoms with van der Waals surface area (Å²) in [5.41, 5.74) is 1.44. The molecule has 0 fully saturated rings. The van der Waals surface area contributed by atoms with Gasteiger partial charge in [0.05, 0.1) is 7.11 Å². The predicted molar refractivity (Wildman–Crippen MR) is 133 cm³/mol. The van der Waals surface area contributed by atoms with Gasteiger partial charge >= 0.3 is 11.6 Å². The van der Waals surface area contributed by atoms with Crippen LogP contribution < -0.4 is 15.1 Å². The lowest BCUT2D eigenvalue weighted by atomic mass is 10.0. The molecule has 0 amide bonds. The van der Waals surface area contributed by atoms with Crippen LogP contribution in [0.1, 0.15) is 21.5 Å².